The molecule has 2 heteroatoms. The van der Waals surface area contributed by atoms with E-state index in [1.165, 1.54) is 21.2 Å². The molecular formula is C12H18BrN. The van der Waals surface area contributed by atoms with Crippen LogP contribution in [0.5, 0.6) is 0 Å². The number of rotatable bonds is 3. The fraction of sp³-hybridized carbons (Fsp3) is 0.500. The standard InChI is InChI=1S/C12H18BrN/c1-8(4-5-14)11-7-12(13)10(3)6-9(11)2/h6-8H,4-5,14H2,1-3H3. The Morgan fingerprint density at radius 2 is 1.93 bits per heavy atom. The Bertz CT molecular complexity index is 320. The molecular weight excluding hydrogens is 238 g/mol. The Hall–Kier alpha value is -0.340. The molecule has 0 heterocycles. The van der Waals surface area contributed by atoms with Crippen LogP contribution < -0.4 is 5.73 Å². The quantitative estimate of drug-likeness (QED) is 0.879. The van der Waals surface area contributed by atoms with E-state index >= 15 is 0 Å². The summed E-state index contributed by atoms with van der Waals surface area (Å²) in [4.78, 5) is 0. The van der Waals surface area contributed by atoms with Gasteiger partial charge in [0.05, 0.1) is 0 Å². The third-order valence-corrected chi connectivity index (χ3v) is 3.53. The van der Waals surface area contributed by atoms with E-state index in [-0.39, 0.29) is 0 Å². The Labute approximate surface area is 94.8 Å². The molecule has 1 aromatic rings. The van der Waals surface area contributed by atoms with Gasteiger partial charge in [-0.25, -0.2) is 0 Å². The molecule has 2 N–H and O–H groups in total. The van der Waals surface area contributed by atoms with Crippen molar-refractivity contribution in [2.24, 2.45) is 5.73 Å². The van der Waals surface area contributed by atoms with Gasteiger partial charge in [-0.3, -0.25) is 0 Å². The summed E-state index contributed by atoms with van der Waals surface area (Å²) in [7, 11) is 0. The summed E-state index contributed by atoms with van der Waals surface area (Å²) in [5, 5.41) is 0. The number of halogens is 1. The van der Waals surface area contributed by atoms with Gasteiger partial charge in [0.25, 0.3) is 0 Å². The van der Waals surface area contributed by atoms with Crippen LogP contribution in [0.4, 0.5) is 0 Å². The Morgan fingerprint density at radius 3 is 2.50 bits per heavy atom. The van der Waals surface area contributed by atoms with Gasteiger partial charge in [-0.05, 0) is 55.5 Å². The molecule has 0 aliphatic carbocycles. The highest BCUT2D eigenvalue weighted by Gasteiger charge is 2.09. The SMILES string of the molecule is Cc1cc(C)c(C(C)CCN)cc1Br. The monoisotopic (exact) mass is 255 g/mol. The van der Waals surface area contributed by atoms with Crippen molar-refractivity contribution in [3.05, 3.63) is 33.3 Å². The molecule has 78 valence electrons. The molecule has 1 rings (SSSR count). The van der Waals surface area contributed by atoms with Crippen LogP contribution in [-0.4, -0.2) is 6.54 Å². The van der Waals surface area contributed by atoms with E-state index in [4.69, 9.17) is 5.73 Å². The molecule has 0 radical (unpaired) electrons. The molecule has 0 amide bonds. The lowest BCUT2D eigenvalue weighted by Crippen LogP contribution is -2.06. The first-order valence-corrected chi connectivity index (χ1v) is 5.82. The van der Waals surface area contributed by atoms with E-state index in [9.17, 15) is 0 Å². The summed E-state index contributed by atoms with van der Waals surface area (Å²) in [6.07, 6.45) is 1.05. The third kappa shape index (κ3) is 2.58. The highest BCUT2D eigenvalue weighted by molar-refractivity contribution is 9.10. The van der Waals surface area contributed by atoms with Crippen LogP contribution in [0.15, 0.2) is 16.6 Å². The Kier molecular flexibility index (Phi) is 4.14. The Morgan fingerprint density at radius 1 is 1.29 bits per heavy atom. The van der Waals surface area contributed by atoms with Crippen molar-refractivity contribution >= 4 is 15.9 Å². The first-order valence-electron chi connectivity index (χ1n) is 5.03. The normalized spacial score (nSPS) is 12.9. The van der Waals surface area contributed by atoms with Crippen molar-refractivity contribution in [2.45, 2.75) is 33.1 Å². The zero-order valence-corrected chi connectivity index (χ0v) is 10.7. The zero-order chi connectivity index (χ0) is 10.7. The molecule has 0 aliphatic rings. The molecule has 0 saturated carbocycles. The van der Waals surface area contributed by atoms with E-state index in [2.05, 4.69) is 48.8 Å². The van der Waals surface area contributed by atoms with Gasteiger partial charge in [-0.15, -0.1) is 0 Å². The van der Waals surface area contributed by atoms with Crippen molar-refractivity contribution in [3.8, 4) is 0 Å². The second-order valence-electron chi connectivity index (χ2n) is 3.94. The topological polar surface area (TPSA) is 26.0 Å². The largest absolute Gasteiger partial charge is 0.330 e. The summed E-state index contributed by atoms with van der Waals surface area (Å²) >= 11 is 3.57. The lowest BCUT2D eigenvalue weighted by atomic mass is 9.93. The second kappa shape index (κ2) is 4.94. The molecule has 0 saturated heterocycles. The van der Waals surface area contributed by atoms with Crippen LogP contribution in [0.25, 0.3) is 0 Å². The highest BCUT2D eigenvalue weighted by atomic mass is 79.9. The number of hydrogen-bond acceptors (Lipinski definition) is 1. The van der Waals surface area contributed by atoms with Gasteiger partial charge >= 0.3 is 0 Å². The summed E-state index contributed by atoms with van der Waals surface area (Å²) < 4.78 is 1.20. The molecule has 0 bridgehead atoms. The molecule has 0 fully saturated rings. The molecule has 14 heavy (non-hydrogen) atoms. The molecule has 1 nitrogen and oxygen atoms in total. The lowest BCUT2D eigenvalue weighted by Gasteiger charge is -2.15. The average Bonchev–Trinajstić information content (AvgIpc) is 2.11. The van der Waals surface area contributed by atoms with Gasteiger partial charge in [0.1, 0.15) is 0 Å². The summed E-state index contributed by atoms with van der Waals surface area (Å²) in [6.45, 7) is 7.28. The summed E-state index contributed by atoms with van der Waals surface area (Å²) in [5.41, 5.74) is 9.65. The van der Waals surface area contributed by atoms with Crippen LogP contribution in [0.3, 0.4) is 0 Å². The number of hydrogen-bond donors (Lipinski definition) is 1. The smallest absolute Gasteiger partial charge is 0.0207 e. The van der Waals surface area contributed by atoms with E-state index in [1.54, 1.807) is 0 Å². The number of aryl methyl sites for hydroxylation is 2. The molecule has 0 aliphatic heterocycles. The number of benzene rings is 1. The average molecular weight is 256 g/mol. The van der Waals surface area contributed by atoms with E-state index in [0.717, 1.165) is 13.0 Å². The van der Waals surface area contributed by atoms with Crippen LogP contribution in [0.2, 0.25) is 0 Å². The fourth-order valence-electron chi connectivity index (χ4n) is 1.78. The summed E-state index contributed by atoms with van der Waals surface area (Å²) in [6, 6.07) is 4.46. The van der Waals surface area contributed by atoms with Crippen LogP contribution in [0.1, 0.15) is 36.0 Å². The maximum atomic E-state index is 5.57. The summed E-state index contributed by atoms with van der Waals surface area (Å²) in [5.74, 6) is 0.553. The second-order valence-corrected chi connectivity index (χ2v) is 4.79. The molecule has 1 aromatic carbocycles. The van der Waals surface area contributed by atoms with Crippen molar-refractivity contribution < 1.29 is 0 Å². The maximum absolute atomic E-state index is 5.57. The van der Waals surface area contributed by atoms with Crippen molar-refractivity contribution in [3.63, 3.8) is 0 Å². The van der Waals surface area contributed by atoms with E-state index in [0.29, 0.717) is 5.92 Å². The molecule has 0 spiro atoms. The fourth-order valence-corrected chi connectivity index (χ4v) is 2.14. The van der Waals surface area contributed by atoms with E-state index < -0.39 is 0 Å². The third-order valence-electron chi connectivity index (χ3n) is 2.68. The minimum absolute atomic E-state index is 0.553. The van der Waals surface area contributed by atoms with Crippen molar-refractivity contribution in [2.75, 3.05) is 6.54 Å². The van der Waals surface area contributed by atoms with E-state index in [1.807, 2.05) is 0 Å². The maximum Gasteiger partial charge on any atom is 0.0207 e. The predicted molar refractivity (Wildman–Crippen MR) is 65.7 cm³/mol. The van der Waals surface area contributed by atoms with Gasteiger partial charge in [0.15, 0.2) is 0 Å². The van der Waals surface area contributed by atoms with Crippen LogP contribution in [0, 0.1) is 13.8 Å². The number of nitrogens with two attached hydrogens (primary N) is 1. The predicted octanol–water partition coefficient (Wildman–Crippen LogP) is 3.52. The minimum Gasteiger partial charge on any atom is -0.330 e. The van der Waals surface area contributed by atoms with Crippen molar-refractivity contribution in [1.82, 2.24) is 0 Å². The minimum atomic E-state index is 0.553. The van der Waals surface area contributed by atoms with Gasteiger partial charge in [-0.1, -0.05) is 28.9 Å². The first-order chi connectivity index (χ1) is 6.56. The van der Waals surface area contributed by atoms with Crippen molar-refractivity contribution in [1.29, 1.82) is 0 Å². The molecule has 1 unspecified atom stereocenters. The van der Waals surface area contributed by atoms with Gasteiger partial charge in [0, 0.05) is 4.47 Å². The van der Waals surface area contributed by atoms with Gasteiger partial charge in [0.2, 0.25) is 0 Å². The van der Waals surface area contributed by atoms with Crippen LogP contribution >= 0.6 is 15.9 Å². The molecule has 1 atom stereocenters. The Balaban J connectivity index is 3.02. The lowest BCUT2D eigenvalue weighted by molar-refractivity contribution is 0.685. The highest BCUT2D eigenvalue weighted by Crippen LogP contribution is 2.27. The first kappa shape index (κ1) is 11.7. The molecule has 0 aromatic heterocycles. The van der Waals surface area contributed by atoms with Gasteiger partial charge in [-0.2, -0.15) is 0 Å². The van der Waals surface area contributed by atoms with Crippen LogP contribution in [-0.2, 0) is 0 Å². The zero-order valence-electron chi connectivity index (χ0n) is 9.10. The van der Waals surface area contributed by atoms with Gasteiger partial charge < -0.3 is 5.73 Å².